The first-order chi connectivity index (χ1) is 16.1. The molecule has 1 atom stereocenters. The molecule has 4 rings (SSSR count). The lowest BCUT2D eigenvalue weighted by Crippen LogP contribution is -2.55. The molecule has 0 radical (unpaired) electrons. The molecule has 0 saturated carbocycles. The van der Waals surface area contributed by atoms with Gasteiger partial charge in [0.05, 0.1) is 36.6 Å². The summed E-state index contributed by atoms with van der Waals surface area (Å²) >= 11 is 6.25. The van der Waals surface area contributed by atoms with Gasteiger partial charge in [0.25, 0.3) is 0 Å². The summed E-state index contributed by atoms with van der Waals surface area (Å²) in [4.78, 5) is 25.4. The van der Waals surface area contributed by atoms with E-state index in [1.807, 2.05) is 43.3 Å². The van der Waals surface area contributed by atoms with Crippen molar-refractivity contribution in [2.75, 3.05) is 31.1 Å². The number of nitrogens with zero attached hydrogens (tertiary/aromatic N) is 5. The van der Waals surface area contributed by atoms with Crippen molar-refractivity contribution in [1.82, 2.24) is 14.9 Å². The van der Waals surface area contributed by atoms with Gasteiger partial charge in [0.1, 0.15) is 12.4 Å². The second kappa shape index (κ2) is 10.5. The average molecular weight is 468 g/mol. The van der Waals surface area contributed by atoms with Crippen molar-refractivity contribution in [2.45, 2.75) is 38.8 Å². The highest BCUT2D eigenvalue weighted by atomic mass is 35.5. The van der Waals surface area contributed by atoms with Gasteiger partial charge >= 0.3 is 6.09 Å². The van der Waals surface area contributed by atoms with Crippen LogP contribution in [0.2, 0.25) is 5.28 Å². The molecule has 1 fully saturated rings. The monoisotopic (exact) mass is 467 g/mol. The third kappa shape index (κ3) is 5.37. The van der Waals surface area contributed by atoms with Gasteiger partial charge in [-0.3, -0.25) is 0 Å². The van der Waals surface area contributed by atoms with Gasteiger partial charge in [-0.15, -0.1) is 0 Å². The molecule has 2 heterocycles. The Kier molecular flexibility index (Phi) is 7.30. The van der Waals surface area contributed by atoms with Crippen molar-refractivity contribution in [2.24, 2.45) is 0 Å². The molecular formula is C24H26ClN5O3. The summed E-state index contributed by atoms with van der Waals surface area (Å²) in [6.07, 6.45) is 3.23. The molecule has 2 aliphatic rings. The largest absolute Gasteiger partial charge is 0.498 e. The second-order valence-electron chi connectivity index (χ2n) is 7.92. The maximum atomic E-state index is 12.8. The smallest absolute Gasteiger partial charge is 0.410 e. The van der Waals surface area contributed by atoms with E-state index in [1.54, 1.807) is 4.90 Å². The summed E-state index contributed by atoms with van der Waals surface area (Å²) in [5.74, 6) is 1.65. The molecule has 1 saturated heterocycles. The summed E-state index contributed by atoms with van der Waals surface area (Å²) in [7, 11) is 0. The number of amides is 1. The summed E-state index contributed by atoms with van der Waals surface area (Å²) in [6.45, 7) is 4.21. The van der Waals surface area contributed by atoms with Gasteiger partial charge in [0.15, 0.2) is 0 Å². The quantitative estimate of drug-likeness (QED) is 0.588. The van der Waals surface area contributed by atoms with E-state index >= 15 is 0 Å². The van der Waals surface area contributed by atoms with Crippen molar-refractivity contribution in [3.63, 3.8) is 0 Å². The first kappa shape index (κ1) is 22.9. The topological polar surface area (TPSA) is 91.6 Å². The lowest BCUT2D eigenvalue weighted by molar-refractivity contribution is 0.0768. The Hall–Kier alpha value is -3.31. The molecule has 1 aliphatic heterocycles. The average Bonchev–Trinajstić information content (AvgIpc) is 2.83. The standard InChI is InChI=1S/C24H26ClN5O3/c1-2-32-19-8-9-20-21(14-19)27-23(25)28-22(20)29-12-13-30(18(15-29)10-11-26)24(31)33-16-17-6-4-3-5-7-17/h3-7,14,18H,2,8-10,12-13,15-16H2,1H3/t18-/m0/s1. The molecule has 172 valence electrons. The lowest BCUT2D eigenvalue weighted by atomic mass is 10.00. The molecular weight excluding hydrogens is 442 g/mol. The van der Waals surface area contributed by atoms with E-state index in [4.69, 9.17) is 21.1 Å². The molecule has 0 spiro atoms. The van der Waals surface area contributed by atoms with Crippen LogP contribution < -0.4 is 4.90 Å². The number of nitriles is 1. The number of carbonyl (C=O) groups is 1. The number of fused-ring (bicyclic) bond motifs is 1. The number of ether oxygens (including phenoxy) is 2. The number of aromatic nitrogens is 2. The zero-order valence-corrected chi connectivity index (χ0v) is 19.3. The molecule has 0 unspecified atom stereocenters. The van der Waals surface area contributed by atoms with Gasteiger partial charge in [-0.1, -0.05) is 30.3 Å². The Morgan fingerprint density at radius 3 is 2.82 bits per heavy atom. The summed E-state index contributed by atoms with van der Waals surface area (Å²) in [5, 5.41) is 9.55. The first-order valence-corrected chi connectivity index (χ1v) is 11.5. The molecule has 33 heavy (non-hydrogen) atoms. The van der Waals surface area contributed by atoms with Crippen molar-refractivity contribution in [1.29, 1.82) is 5.26 Å². The van der Waals surface area contributed by atoms with Crippen LogP contribution in [0.3, 0.4) is 0 Å². The van der Waals surface area contributed by atoms with Crippen molar-refractivity contribution < 1.29 is 14.3 Å². The van der Waals surface area contributed by atoms with E-state index in [1.165, 1.54) is 0 Å². The van der Waals surface area contributed by atoms with Gasteiger partial charge < -0.3 is 19.3 Å². The number of rotatable bonds is 6. The molecule has 8 nitrogen and oxygen atoms in total. The minimum Gasteiger partial charge on any atom is -0.498 e. The lowest BCUT2D eigenvalue weighted by Gasteiger charge is -2.41. The van der Waals surface area contributed by atoms with E-state index in [-0.39, 0.29) is 24.4 Å². The zero-order valence-electron chi connectivity index (χ0n) is 18.5. The zero-order chi connectivity index (χ0) is 23.2. The van der Waals surface area contributed by atoms with Gasteiger partial charge in [-0.2, -0.15) is 5.26 Å². The van der Waals surface area contributed by atoms with Crippen LogP contribution in [0.1, 0.15) is 36.6 Å². The van der Waals surface area contributed by atoms with Crippen molar-refractivity contribution in [3.05, 3.63) is 58.2 Å². The van der Waals surface area contributed by atoms with Crippen LogP contribution in [0.5, 0.6) is 0 Å². The fourth-order valence-electron chi connectivity index (χ4n) is 4.22. The van der Waals surface area contributed by atoms with E-state index < -0.39 is 6.09 Å². The number of benzene rings is 1. The number of hydrogen-bond acceptors (Lipinski definition) is 7. The van der Waals surface area contributed by atoms with Crippen LogP contribution in [0, 0.1) is 11.3 Å². The minimum atomic E-state index is -0.411. The Morgan fingerprint density at radius 1 is 1.24 bits per heavy atom. The van der Waals surface area contributed by atoms with Gasteiger partial charge in [-0.05, 0) is 30.5 Å². The molecule has 1 aromatic carbocycles. The van der Waals surface area contributed by atoms with Crippen LogP contribution in [0.4, 0.5) is 10.6 Å². The van der Waals surface area contributed by atoms with E-state index in [9.17, 15) is 10.1 Å². The van der Waals surface area contributed by atoms with E-state index in [2.05, 4.69) is 20.9 Å². The summed E-state index contributed by atoms with van der Waals surface area (Å²) in [5.41, 5.74) is 2.70. The highest BCUT2D eigenvalue weighted by Gasteiger charge is 2.34. The molecule has 9 heteroatoms. The number of hydrogen-bond donors (Lipinski definition) is 0. The third-order valence-corrected chi connectivity index (χ3v) is 5.96. The molecule has 0 N–H and O–H groups in total. The molecule has 0 bridgehead atoms. The van der Waals surface area contributed by atoms with Gasteiger partial charge in [0.2, 0.25) is 5.28 Å². The SMILES string of the molecule is CCOC1=Cc2nc(Cl)nc(N3CCN(C(=O)OCc4ccccc4)[C@@H](CC#N)C3)c2CC1. The number of piperazine rings is 1. The van der Waals surface area contributed by atoms with Crippen molar-refractivity contribution >= 4 is 29.6 Å². The van der Waals surface area contributed by atoms with Crippen LogP contribution in [0.15, 0.2) is 36.1 Å². The second-order valence-corrected chi connectivity index (χ2v) is 8.26. The Morgan fingerprint density at radius 2 is 2.06 bits per heavy atom. The van der Waals surface area contributed by atoms with Crippen LogP contribution in [0.25, 0.3) is 6.08 Å². The minimum absolute atomic E-state index is 0.166. The Bertz CT molecular complexity index is 1070. The molecule has 1 amide bonds. The Labute approximate surface area is 198 Å². The number of anilines is 1. The number of allylic oxidation sites excluding steroid dienone is 1. The fraction of sp³-hybridized carbons (Fsp3) is 0.417. The molecule has 2 aromatic rings. The van der Waals surface area contributed by atoms with E-state index in [0.717, 1.165) is 41.2 Å². The number of carbonyl (C=O) groups excluding carboxylic acids is 1. The third-order valence-electron chi connectivity index (χ3n) is 5.79. The first-order valence-electron chi connectivity index (χ1n) is 11.1. The van der Waals surface area contributed by atoms with Crippen molar-refractivity contribution in [3.8, 4) is 6.07 Å². The highest BCUT2D eigenvalue weighted by molar-refractivity contribution is 6.28. The maximum absolute atomic E-state index is 12.8. The molecule has 1 aromatic heterocycles. The fourth-order valence-corrected chi connectivity index (χ4v) is 4.40. The number of halogens is 1. The maximum Gasteiger partial charge on any atom is 0.410 e. The normalized spacial score (nSPS) is 17.6. The van der Waals surface area contributed by atoms with Gasteiger partial charge in [-0.25, -0.2) is 14.8 Å². The predicted octanol–water partition coefficient (Wildman–Crippen LogP) is 4.19. The van der Waals surface area contributed by atoms with Crippen LogP contribution in [-0.2, 0) is 22.5 Å². The van der Waals surface area contributed by atoms with Crippen LogP contribution in [-0.4, -0.2) is 53.2 Å². The van der Waals surface area contributed by atoms with Gasteiger partial charge in [0, 0.05) is 37.7 Å². The predicted molar refractivity (Wildman–Crippen MR) is 125 cm³/mol. The molecule has 1 aliphatic carbocycles. The summed E-state index contributed by atoms with van der Waals surface area (Å²) in [6, 6.07) is 11.4. The summed E-state index contributed by atoms with van der Waals surface area (Å²) < 4.78 is 11.2. The highest BCUT2D eigenvalue weighted by Crippen LogP contribution is 2.32. The van der Waals surface area contributed by atoms with Crippen LogP contribution >= 0.6 is 11.6 Å². The van der Waals surface area contributed by atoms with E-state index in [0.29, 0.717) is 26.2 Å². The Balaban J connectivity index is 1.50.